The van der Waals surface area contributed by atoms with Crippen molar-refractivity contribution in [2.75, 3.05) is 13.1 Å². The van der Waals surface area contributed by atoms with Crippen LogP contribution in [-0.2, 0) is 0 Å². The van der Waals surface area contributed by atoms with Gasteiger partial charge in [-0.2, -0.15) is 0 Å². The van der Waals surface area contributed by atoms with Gasteiger partial charge in [0.15, 0.2) is 0 Å². The number of aromatic nitrogens is 3. The smallest absolute Gasteiger partial charge is 0.272 e. The summed E-state index contributed by atoms with van der Waals surface area (Å²) in [5.41, 5.74) is 3.25. The number of rotatable bonds is 2. The molecule has 0 saturated carbocycles. The molecule has 0 radical (unpaired) electrons. The Kier molecular flexibility index (Phi) is 4.14. The van der Waals surface area contributed by atoms with Crippen molar-refractivity contribution < 1.29 is 4.79 Å². The number of hydrogen-bond donors (Lipinski definition) is 0. The van der Waals surface area contributed by atoms with Crippen molar-refractivity contribution in [2.45, 2.75) is 25.7 Å². The summed E-state index contributed by atoms with van der Waals surface area (Å²) in [6, 6.07) is 11.6. The third-order valence-electron chi connectivity index (χ3n) is 4.72. The van der Waals surface area contributed by atoms with Crippen molar-refractivity contribution in [1.29, 1.82) is 0 Å². The van der Waals surface area contributed by atoms with Gasteiger partial charge in [-0.3, -0.25) is 14.8 Å². The molecule has 0 spiro atoms. The fourth-order valence-corrected chi connectivity index (χ4v) is 3.43. The number of carbonyl (C=O) groups excluding carboxylic acids is 1. The van der Waals surface area contributed by atoms with Gasteiger partial charge in [0.2, 0.25) is 0 Å². The molecule has 126 valence electrons. The molecular weight excluding hydrogens is 312 g/mol. The highest BCUT2D eigenvalue weighted by Gasteiger charge is 2.27. The number of fused-ring (bicyclic) bond motifs is 1. The number of piperidine rings is 1. The molecule has 0 N–H and O–H groups in total. The van der Waals surface area contributed by atoms with Gasteiger partial charge in [0.1, 0.15) is 5.69 Å². The fraction of sp³-hybridized carbons (Fsp3) is 0.300. The lowest BCUT2D eigenvalue weighted by Gasteiger charge is -2.32. The van der Waals surface area contributed by atoms with Crippen LogP contribution in [-0.4, -0.2) is 38.8 Å². The van der Waals surface area contributed by atoms with Gasteiger partial charge in [-0.1, -0.05) is 24.3 Å². The van der Waals surface area contributed by atoms with E-state index < -0.39 is 0 Å². The molecule has 1 unspecified atom stereocenters. The number of amides is 1. The van der Waals surface area contributed by atoms with E-state index in [1.165, 1.54) is 0 Å². The van der Waals surface area contributed by atoms with Gasteiger partial charge in [-0.15, -0.1) is 0 Å². The average molecular weight is 332 g/mol. The first-order chi connectivity index (χ1) is 12.2. The van der Waals surface area contributed by atoms with Crippen LogP contribution < -0.4 is 0 Å². The lowest BCUT2D eigenvalue weighted by Crippen LogP contribution is -2.39. The first kappa shape index (κ1) is 15.7. The number of aryl methyl sites for hydroxylation is 1. The largest absolute Gasteiger partial charge is 0.337 e. The molecular formula is C20H20N4O. The summed E-state index contributed by atoms with van der Waals surface area (Å²) in [5, 5.41) is 1.05. The monoisotopic (exact) mass is 332 g/mol. The van der Waals surface area contributed by atoms with E-state index in [1.54, 1.807) is 6.20 Å². The second-order valence-corrected chi connectivity index (χ2v) is 6.56. The van der Waals surface area contributed by atoms with Gasteiger partial charge in [0.05, 0.1) is 16.9 Å². The molecule has 4 rings (SSSR count). The number of benzene rings is 1. The normalized spacial score (nSPS) is 17.6. The van der Waals surface area contributed by atoms with Crippen molar-refractivity contribution in [2.24, 2.45) is 0 Å². The van der Waals surface area contributed by atoms with Gasteiger partial charge in [-0.05, 0) is 31.9 Å². The lowest BCUT2D eigenvalue weighted by molar-refractivity contribution is 0.0700. The minimum absolute atomic E-state index is 0.00364. The zero-order valence-electron chi connectivity index (χ0n) is 14.2. The Morgan fingerprint density at radius 1 is 1.12 bits per heavy atom. The summed E-state index contributed by atoms with van der Waals surface area (Å²) in [7, 11) is 0. The molecule has 2 aromatic heterocycles. The van der Waals surface area contributed by atoms with Crippen LogP contribution in [0.3, 0.4) is 0 Å². The third-order valence-corrected chi connectivity index (χ3v) is 4.72. The zero-order chi connectivity index (χ0) is 17.2. The second kappa shape index (κ2) is 6.59. The minimum Gasteiger partial charge on any atom is -0.337 e. The summed E-state index contributed by atoms with van der Waals surface area (Å²) >= 11 is 0. The maximum Gasteiger partial charge on any atom is 0.272 e. The van der Waals surface area contributed by atoms with E-state index in [2.05, 4.69) is 15.0 Å². The molecule has 1 atom stereocenters. The summed E-state index contributed by atoms with van der Waals surface area (Å²) < 4.78 is 0. The Hall–Kier alpha value is -2.82. The molecule has 1 amide bonds. The second-order valence-electron chi connectivity index (χ2n) is 6.56. The average Bonchev–Trinajstić information content (AvgIpc) is 2.67. The first-order valence-corrected chi connectivity index (χ1v) is 8.64. The maximum atomic E-state index is 12.9. The highest BCUT2D eigenvalue weighted by atomic mass is 16.2. The first-order valence-electron chi connectivity index (χ1n) is 8.64. The molecule has 0 bridgehead atoms. The predicted octanol–water partition coefficient (Wildman–Crippen LogP) is 3.35. The van der Waals surface area contributed by atoms with Crippen LogP contribution in [0.2, 0.25) is 0 Å². The van der Waals surface area contributed by atoms with Crippen molar-refractivity contribution in [1.82, 2.24) is 19.9 Å². The Bertz CT molecular complexity index is 924. The predicted molar refractivity (Wildman–Crippen MR) is 96.4 cm³/mol. The minimum atomic E-state index is -0.00364. The van der Waals surface area contributed by atoms with Crippen LogP contribution in [0.1, 0.15) is 40.6 Å². The molecule has 1 aliphatic rings. The summed E-state index contributed by atoms with van der Waals surface area (Å²) in [4.78, 5) is 28.2. The molecule has 3 aromatic rings. The molecule has 0 aliphatic carbocycles. The van der Waals surface area contributed by atoms with Gasteiger partial charge >= 0.3 is 0 Å². The topological polar surface area (TPSA) is 59.0 Å². The Balaban J connectivity index is 1.56. The molecule has 3 heterocycles. The van der Waals surface area contributed by atoms with E-state index in [0.717, 1.165) is 41.7 Å². The van der Waals surface area contributed by atoms with E-state index in [1.807, 2.05) is 54.4 Å². The number of nitrogens with zero attached hydrogens (tertiary/aromatic N) is 4. The third kappa shape index (κ3) is 3.22. The van der Waals surface area contributed by atoms with Gasteiger partial charge < -0.3 is 4.90 Å². The quantitative estimate of drug-likeness (QED) is 0.722. The standard InChI is InChI=1S/C20H20N4O/c1-14-11-21-12-19(22-14)16-6-4-10-24(13-16)20(25)18-9-8-15-5-2-3-7-17(15)23-18/h2-3,5,7-9,11-12,16H,4,6,10,13H2,1H3. The highest BCUT2D eigenvalue weighted by molar-refractivity contribution is 5.95. The van der Waals surface area contributed by atoms with Gasteiger partial charge in [0.25, 0.3) is 5.91 Å². The molecule has 1 saturated heterocycles. The SMILES string of the molecule is Cc1cncc(C2CCCN(C(=O)c3ccc4ccccc4n3)C2)n1. The number of hydrogen-bond acceptors (Lipinski definition) is 4. The summed E-state index contributed by atoms with van der Waals surface area (Å²) in [6.45, 7) is 3.38. The number of para-hydroxylation sites is 1. The summed E-state index contributed by atoms with van der Waals surface area (Å²) in [6.07, 6.45) is 5.58. The van der Waals surface area contributed by atoms with Crippen LogP contribution >= 0.6 is 0 Å². The van der Waals surface area contributed by atoms with E-state index >= 15 is 0 Å². The van der Waals surface area contributed by atoms with Crippen molar-refractivity contribution in [3.8, 4) is 0 Å². The van der Waals surface area contributed by atoms with Crippen molar-refractivity contribution >= 4 is 16.8 Å². The van der Waals surface area contributed by atoms with Crippen LogP contribution in [0, 0.1) is 6.92 Å². The van der Waals surface area contributed by atoms with Gasteiger partial charge in [-0.25, -0.2) is 4.98 Å². The molecule has 5 heteroatoms. The Morgan fingerprint density at radius 3 is 2.88 bits per heavy atom. The fourth-order valence-electron chi connectivity index (χ4n) is 3.43. The van der Waals surface area contributed by atoms with E-state index in [9.17, 15) is 4.79 Å². The van der Waals surface area contributed by atoms with E-state index in [-0.39, 0.29) is 11.8 Å². The Morgan fingerprint density at radius 2 is 2.00 bits per heavy atom. The van der Waals surface area contributed by atoms with Crippen molar-refractivity contribution in [3.63, 3.8) is 0 Å². The van der Waals surface area contributed by atoms with Gasteiger partial charge in [0, 0.05) is 36.8 Å². The number of likely N-dealkylation sites (tertiary alicyclic amines) is 1. The molecule has 1 fully saturated rings. The number of pyridine rings is 1. The number of carbonyl (C=O) groups is 1. The zero-order valence-corrected chi connectivity index (χ0v) is 14.2. The van der Waals surface area contributed by atoms with Crippen LogP contribution in [0.5, 0.6) is 0 Å². The van der Waals surface area contributed by atoms with Crippen LogP contribution in [0.25, 0.3) is 10.9 Å². The molecule has 25 heavy (non-hydrogen) atoms. The van der Waals surface area contributed by atoms with Crippen LogP contribution in [0.4, 0.5) is 0 Å². The molecule has 1 aliphatic heterocycles. The molecule has 1 aromatic carbocycles. The van der Waals surface area contributed by atoms with Crippen molar-refractivity contribution in [3.05, 3.63) is 65.9 Å². The van der Waals surface area contributed by atoms with E-state index in [0.29, 0.717) is 12.2 Å². The lowest BCUT2D eigenvalue weighted by atomic mass is 9.94. The Labute approximate surface area is 146 Å². The highest BCUT2D eigenvalue weighted by Crippen LogP contribution is 2.26. The summed E-state index contributed by atoms with van der Waals surface area (Å²) in [5.74, 6) is 0.238. The molecule has 5 nitrogen and oxygen atoms in total. The van der Waals surface area contributed by atoms with E-state index in [4.69, 9.17) is 0 Å². The van der Waals surface area contributed by atoms with Crippen LogP contribution in [0.15, 0.2) is 48.8 Å². The maximum absolute atomic E-state index is 12.9.